The lowest BCUT2D eigenvalue weighted by molar-refractivity contribution is -0.387. The fourth-order valence-electron chi connectivity index (χ4n) is 1.30. The maximum atomic E-state index is 12.6. The van der Waals surface area contributed by atoms with Gasteiger partial charge in [-0.25, -0.2) is 13.8 Å². The highest BCUT2D eigenvalue weighted by Crippen LogP contribution is 2.37. The number of alkyl halides is 2. The molecule has 0 unspecified atom stereocenters. The molecular formula is C9H8F2N2O5. The first-order chi connectivity index (χ1) is 8.38. The lowest BCUT2D eigenvalue weighted by Gasteiger charge is -2.07. The Morgan fingerprint density at radius 2 is 2.28 bits per heavy atom. The third-order valence-corrected chi connectivity index (χ3v) is 2.09. The molecular weight excluding hydrogens is 254 g/mol. The van der Waals surface area contributed by atoms with Crippen molar-refractivity contribution in [3.05, 3.63) is 27.6 Å². The SMILES string of the molecule is COC(=O)Cc1ncc(O)c(C(F)F)c1[N+](=O)[O-]. The minimum Gasteiger partial charge on any atom is -0.506 e. The summed E-state index contributed by atoms with van der Waals surface area (Å²) in [5.41, 5.74) is -2.72. The number of carbonyl (C=O) groups is 1. The zero-order valence-corrected chi connectivity index (χ0v) is 9.09. The topological polar surface area (TPSA) is 103 Å². The number of halogens is 2. The molecule has 0 saturated heterocycles. The van der Waals surface area contributed by atoms with Crippen LogP contribution in [-0.4, -0.2) is 28.1 Å². The highest BCUT2D eigenvalue weighted by molar-refractivity contribution is 5.74. The van der Waals surface area contributed by atoms with Crippen molar-refractivity contribution < 1.29 is 28.3 Å². The maximum Gasteiger partial charge on any atom is 0.311 e. The number of hydrogen-bond donors (Lipinski definition) is 1. The van der Waals surface area contributed by atoms with Crippen molar-refractivity contribution in [1.82, 2.24) is 4.98 Å². The fourth-order valence-corrected chi connectivity index (χ4v) is 1.30. The van der Waals surface area contributed by atoms with Crippen molar-refractivity contribution in [2.24, 2.45) is 0 Å². The standard InChI is InChI=1S/C9H8F2N2O5/c1-18-6(15)2-4-8(13(16)17)7(9(10)11)5(14)3-12-4/h3,9,14H,2H2,1H3. The molecule has 0 spiro atoms. The van der Waals surface area contributed by atoms with E-state index in [1.807, 2.05) is 0 Å². The Morgan fingerprint density at radius 1 is 1.67 bits per heavy atom. The number of methoxy groups -OCH3 is 1. The van der Waals surface area contributed by atoms with Gasteiger partial charge in [0, 0.05) is 0 Å². The summed E-state index contributed by atoms with van der Waals surface area (Å²) >= 11 is 0. The average molecular weight is 262 g/mol. The Hall–Kier alpha value is -2.32. The summed E-state index contributed by atoms with van der Waals surface area (Å²) in [6, 6.07) is 0. The molecule has 1 aromatic rings. The Labute approximate surface area is 99.2 Å². The van der Waals surface area contributed by atoms with E-state index in [0.29, 0.717) is 6.20 Å². The summed E-state index contributed by atoms with van der Waals surface area (Å²) in [7, 11) is 1.04. The first-order valence-electron chi connectivity index (χ1n) is 4.58. The molecule has 0 saturated carbocycles. The van der Waals surface area contributed by atoms with Crippen molar-refractivity contribution in [1.29, 1.82) is 0 Å². The monoisotopic (exact) mass is 262 g/mol. The van der Waals surface area contributed by atoms with Gasteiger partial charge in [0.1, 0.15) is 17.0 Å². The van der Waals surface area contributed by atoms with Crippen LogP contribution in [0.2, 0.25) is 0 Å². The molecule has 0 aliphatic rings. The number of nitrogens with zero attached hydrogens (tertiary/aromatic N) is 2. The smallest absolute Gasteiger partial charge is 0.311 e. The number of carbonyl (C=O) groups excluding carboxylic acids is 1. The lowest BCUT2D eigenvalue weighted by Crippen LogP contribution is -2.10. The average Bonchev–Trinajstić information content (AvgIpc) is 2.29. The quantitative estimate of drug-likeness (QED) is 0.499. The van der Waals surface area contributed by atoms with E-state index in [4.69, 9.17) is 5.11 Å². The number of esters is 1. The molecule has 9 heteroatoms. The van der Waals surface area contributed by atoms with Gasteiger partial charge in [0.2, 0.25) is 0 Å². The molecule has 0 bridgehead atoms. The van der Waals surface area contributed by atoms with E-state index >= 15 is 0 Å². The number of aromatic nitrogens is 1. The van der Waals surface area contributed by atoms with E-state index in [0.717, 1.165) is 7.11 Å². The second-order valence-electron chi connectivity index (χ2n) is 3.16. The minimum atomic E-state index is -3.26. The van der Waals surface area contributed by atoms with E-state index in [9.17, 15) is 23.7 Å². The zero-order chi connectivity index (χ0) is 13.9. The van der Waals surface area contributed by atoms with E-state index in [2.05, 4.69) is 9.72 Å². The third kappa shape index (κ3) is 2.67. The van der Waals surface area contributed by atoms with Gasteiger partial charge in [-0.1, -0.05) is 0 Å². The number of ether oxygens (including phenoxy) is 1. The fraction of sp³-hybridized carbons (Fsp3) is 0.333. The van der Waals surface area contributed by atoms with Crippen molar-refractivity contribution in [3.63, 3.8) is 0 Å². The molecule has 0 radical (unpaired) electrons. The van der Waals surface area contributed by atoms with Crippen LogP contribution in [0.5, 0.6) is 5.75 Å². The lowest BCUT2D eigenvalue weighted by atomic mass is 10.1. The summed E-state index contributed by atoms with van der Waals surface area (Å²) in [6.07, 6.45) is -3.26. The van der Waals surface area contributed by atoms with Crippen molar-refractivity contribution >= 4 is 11.7 Å². The molecule has 18 heavy (non-hydrogen) atoms. The van der Waals surface area contributed by atoms with E-state index in [1.165, 1.54) is 0 Å². The highest BCUT2D eigenvalue weighted by atomic mass is 19.3. The van der Waals surface area contributed by atoms with Gasteiger partial charge >= 0.3 is 11.7 Å². The van der Waals surface area contributed by atoms with Gasteiger partial charge in [-0.3, -0.25) is 14.9 Å². The summed E-state index contributed by atoms with van der Waals surface area (Å²) in [6.45, 7) is 0. The Morgan fingerprint density at radius 3 is 2.72 bits per heavy atom. The van der Waals surface area contributed by atoms with Crippen LogP contribution in [0.3, 0.4) is 0 Å². The molecule has 0 aliphatic heterocycles. The molecule has 7 nitrogen and oxygen atoms in total. The van der Waals surface area contributed by atoms with E-state index in [1.54, 1.807) is 0 Å². The molecule has 1 aromatic heterocycles. The van der Waals surface area contributed by atoms with Gasteiger partial charge in [0.25, 0.3) is 6.43 Å². The van der Waals surface area contributed by atoms with Gasteiger partial charge in [0.05, 0.1) is 24.7 Å². The first kappa shape index (κ1) is 13.7. The minimum absolute atomic E-state index is 0.486. The third-order valence-electron chi connectivity index (χ3n) is 2.09. The van der Waals surface area contributed by atoms with Crippen LogP contribution in [0, 0.1) is 10.1 Å². The van der Waals surface area contributed by atoms with Gasteiger partial charge in [-0.2, -0.15) is 0 Å². The Kier molecular flexibility index (Phi) is 4.08. The molecule has 0 atom stereocenters. The molecule has 0 fully saturated rings. The molecule has 1 N–H and O–H groups in total. The Balaban J connectivity index is 3.39. The molecule has 1 rings (SSSR count). The second-order valence-corrected chi connectivity index (χ2v) is 3.16. The number of pyridine rings is 1. The number of aromatic hydroxyl groups is 1. The normalized spacial score (nSPS) is 10.4. The van der Waals surface area contributed by atoms with Crippen LogP contribution in [0.25, 0.3) is 0 Å². The molecule has 0 amide bonds. The largest absolute Gasteiger partial charge is 0.506 e. The molecule has 0 aliphatic carbocycles. The summed E-state index contributed by atoms with van der Waals surface area (Å²) in [4.78, 5) is 24.0. The van der Waals surface area contributed by atoms with Crippen LogP contribution >= 0.6 is 0 Å². The van der Waals surface area contributed by atoms with Gasteiger partial charge in [0.15, 0.2) is 0 Å². The van der Waals surface area contributed by atoms with Crippen LogP contribution in [0.4, 0.5) is 14.5 Å². The maximum absolute atomic E-state index is 12.6. The van der Waals surface area contributed by atoms with Gasteiger partial charge in [-0.05, 0) is 0 Å². The van der Waals surface area contributed by atoms with Crippen LogP contribution in [0.1, 0.15) is 17.7 Å². The van der Waals surface area contributed by atoms with Crippen LogP contribution in [-0.2, 0) is 16.0 Å². The van der Waals surface area contributed by atoms with Crippen molar-refractivity contribution in [3.8, 4) is 5.75 Å². The first-order valence-corrected chi connectivity index (χ1v) is 4.58. The molecule has 98 valence electrons. The van der Waals surface area contributed by atoms with Gasteiger partial charge < -0.3 is 9.84 Å². The number of hydrogen-bond acceptors (Lipinski definition) is 6. The number of rotatable bonds is 4. The predicted molar refractivity (Wildman–Crippen MR) is 53.2 cm³/mol. The summed E-state index contributed by atoms with van der Waals surface area (Å²) in [5, 5.41) is 19.9. The summed E-state index contributed by atoms with van der Waals surface area (Å²) in [5.74, 6) is -1.86. The predicted octanol–water partition coefficient (Wildman–Crippen LogP) is 1.35. The molecule has 0 aromatic carbocycles. The molecule has 1 heterocycles. The van der Waals surface area contributed by atoms with E-state index in [-0.39, 0.29) is 0 Å². The van der Waals surface area contributed by atoms with Gasteiger partial charge in [-0.15, -0.1) is 0 Å². The summed E-state index contributed by atoms with van der Waals surface area (Å²) < 4.78 is 29.5. The van der Waals surface area contributed by atoms with Crippen molar-refractivity contribution in [2.45, 2.75) is 12.8 Å². The van der Waals surface area contributed by atoms with Crippen molar-refractivity contribution in [2.75, 3.05) is 7.11 Å². The number of nitro groups is 1. The Bertz CT molecular complexity index is 492. The zero-order valence-electron chi connectivity index (χ0n) is 9.09. The van der Waals surface area contributed by atoms with E-state index < -0.39 is 46.4 Å². The second kappa shape index (κ2) is 5.34. The van der Waals surface area contributed by atoms with Crippen LogP contribution < -0.4 is 0 Å². The highest BCUT2D eigenvalue weighted by Gasteiger charge is 2.31. The van der Waals surface area contributed by atoms with Crippen LogP contribution in [0.15, 0.2) is 6.20 Å².